The summed E-state index contributed by atoms with van der Waals surface area (Å²) in [6.45, 7) is 8.16. The van der Waals surface area contributed by atoms with E-state index in [-0.39, 0.29) is 17.6 Å². The van der Waals surface area contributed by atoms with Crippen LogP contribution >= 0.6 is 11.6 Å². The van der Waals surface area contributed by atoms with Gasteiger partial charge in [-0.2, -0.15) is 0 Å². The van der Waals surface area contributed by atoms with Gasteiger partial charge < -0.3 is 15.2 Å². The van der Waals surface area contributed by atoms with Gasteiger partial charge in [-0.05, 0) is 66.5 Å². The lowest BCUT2D eigenvalue weighted by molar-refractivity contribution is 0.161. The van der Waals surface area contributed by atoms with Crippen molar-refractivity contribution in [2.24, 2.45) is 5.41 Å². The number of amides is 1. The smallest absolute Gasteiger partial charge is 0.405 e. The number of aryl methyl sites for hydroxylation is 1. The fourth-order valence-corrected chi connectivity index (χ4v) is 3.96. The summed E-state index contributed by atoms with van der Waals surface area (Å²) in [5, 5.41) is 12.5. The van der Waals surface area contributed by atoms with E-state index < -0.39 is 6.09 Å². The number of carboxylic acid groups (broad SMARTS) is 1. The first kappa shape index (κ1) is 19.6. The van der Waals surface area contributed by atoms with Crippen LogP contribution in [0.2, 0.25) is 5.02 Å². The maximum atomic E-state index is 11.3. The molecule has 0 unspecified atom stereocenters. The molecule has 2 aromatic rings. The maximum absolute atomic E-state index is 11.3. The van der Waals surface area contributed by atoms with Crippen LogP contribution in [0.5, 0.6) is 5.75 Å². The molecule has 2 N–H and O–H groups in total. The van der Waals surface area contributed by atoms with Crippen LogP contribution in [0.15, 0.2) is 36.4 Å². The van der Waals surface area contributed by atoms with E-state index in [4.69, 9.17) is 16.3 Å². The Morgan fingerprint density at radius 3 is 2.52 bits per heavy atom. The molecule has 1 atom stereocenters. The van der Waals surface area contributed by atoms with E-state index >= 15 is 0 Å². The lowest BCUT2D eigenvalue weighted by atomic mass is 9.70. The normalized spacial score (nSPS) is 18.1. The number of halogens is 1. The summed E-state index contributed by atoms with van der Waals surface area (Å²) in [6.07, 6.45) is 0.934. The van der Waals surface area contributed by atoms with Crippen LogP contribution in [0, 0.1) is 5.41 Å². The molecular formula is C22H26ClNO3. The standard InChI is InChI=1S/C22H26ClNO3/c1-13(2)27-19-8-6-15(12-18(19)23)14-5-7-17-16(11-14)9-10-22(3,4)20(17)24-21(25)26/h5-8,11-13,20,24H,9-10H2,1-4H3,(H,25,26)/t20-/m0/s1. The Morgan fingerprint density at radius 1 is 1.22 bits per heavy atom. The summed E-state index contributed by atoms with van der Waals surface area (Å²) >= 11 is 6.38. The van der Waals surface area contributed by atoms with Crippen molar-refractivity contribution < 1.29 is 14.6 Å². The van der Waals surface area contributed by atoms with Crippen LogP contribution in [0.4, 0.5) is 4.79 Å². The van der Waals surface area contributed by atoms with Crippen LogP contribution in [-0.4, -0.2) is 17.3 Å². The Morgan fingerprint density at radius 2 is 1.89 bits per heavy atom. The summed E-state index contributed by atoms with van der Waals surface area (Å²) in [7, 11) is 0. The van der Waals surface area contributed by atoms with E-state index in [1.807, 2.05) is 44.2 Å². The van der Waals surface area contributed by atoms with Gasteiger partial charge in [-0.3, -0.25) is 0 Å². The molecule has 5 heteroatoms. The van der Waals surface area contributed by atoms with E-state index in [0.717, 1.165) is 29.5 Å². The quantitative estimate of drug-likeness (QED) is 0.668. The Hall–Kier alpha value is -2.20. The molecule has 0 spiro atoms. The molecule has 4 nitrogen and oxygen atoms in total. The van der Waals surface area contributed by atoms with Gasteiger partial charge in [0, 0.05) is 0 Å². The first-order valence-corrected chi connectivity index (χ1v) is 9.64. The minimum atomic E-state index is -0.988. The zero-order valence-corrected chi connectivity index (χ0v) is 16.9. The molecule has 0 bridgehead atoms. The predicted molar refractivity (Wildman–Crippen MR) is 109 cm³/mol. The minimum absolute atomic E-state index is 0.0686. The fraction of sp³-hybridized carbons (Fsp3) is 0.409. The van der Waals surface area contributed by atoms with Gasteiger partial charge in [-0.25, -0.2) is 4.79 Å². The SMILES string of the molecule is CC(C)Oc1ccc(-c2ccc3c(c2)CCC(C)(C)[C@H]3NC(=O)O)cc1Cl. The molecule has 0 saturated heterocycles. The molecule has 0 radical (unpaired) electrons. The van der Waals surface area contributed by atoms with Crippen molar-refractivity contribution in [2.75, 3.05) is 0 Å². The highest BCUT2D eigenvalue weighted by Crippen LogP contribution is 2.44. The van der Waals surface area contributed by atoms with Crippen molar-refractivity contribution >= 4 is 17.7 Å². The molecule has 1 aliphatic rings. The average molecular weight is 388 g/mol. The number of hydrogen-bond acceptors (Lipinski definition) is 2. The molecule has 0 heterocycles. The molecule has 0 saturated carbocycles. The van der Waals surface area contributed by atoms with Crippen molar-refractivity contribution in [3.8, 4) is 16.9 Å². The summed E-state index contributed by atoms with van der Waals surface area (Å²) in [5.74, 6) is 0.681. The average Bonchev–Trinajstić information content (AvgIpc) is 2.58. The minimum Gasteiger partial charge on any atom is -0.489 e. The second-order valence-corrected chi connectivity index (χ2v) is 8.50. The molecule has 1 amide bonds. The van der Waals surface area contributed by atoms with Crippen LogP contribution in [-0.2, 0) is 6.42 Å². The van der Waals surface area contributed by atoms with Gasteiger partial charge in [0.05, 0.1) is 17.2 Å². The van der Waals surface area contributed by atoms with E-state index in [9.17, 15) is 9.90 Å². The van der Waals surface area contributed by atoms with Crippen molar-refractivity contribution in [1.82, 2.24) is 5.32 Å². The first-order valence-electron chi connectivity index (χ1n) is 9.26. The zero-order valence-electron chi connectivity index (χ0n) is 16.2. The Kier molecular flexibility index (Phi) is 5.38. The highest BCUT2D eigenvalue weighted by atomic mass is 35.5. The Bertz CT molecular complexity index is 861. The first-order chi connectivity index (χ1) is 12.7. The molecule has 144 valence electrons. The summed E-state index contributed by atoms with van der Waals surface area (Å²) in [4.78, 5) is 11.3. The number of rotatable bonds is 4. The molecule has 1 aliphatic carbocycles. The van der Waals surface area contributed by atoms with E-state index in [1.165, 1.54) is 5.56 Å². The number of carbonyl (C=O) groups is 1. The molecule has 3 rings (SSSR count). The number of hydrogen-bond donors (Lipinski definition) is 2. The summed E-state index contributed by atoms with van der Waals surface area (Å²) in [5.41, 5.74) is 4.21. The van der Waals surface area contributed by atoms with Crippen LogP contribution in [0.25, 0.3) is 11.1 Å². The topological polar surface area (TPSA) is 58.6 Å². The largest absolute Gasteiger partial charge is 0.489 e. The van der Waals surface area contributed by atoms with E-state index in [2.05, 4.69) is 25.2 Å². The van der Waals surface area contributed by atoms with Gasteiger partial charge in [0.1, 0.15) is 5.75 Å². The maximum Gasteiger partial charge on any atom is 0.405 e. The lowest BCUT2D eigenvalue weighted by Gasteiger charge is -2.40. The van der Waals surface area contributed by atoms with Crippen LogP contribution < -0.4 is 10.1 Å². The monoisotopic (exact) mass is 387 g/mol. The Labute approximate surface area is 165 Å². The van der Waals surface area contributed by atoms with Gasteiger partial charge in [0.2, 0.25) is 0 Å². The van der Waals surface area contributed by atoms with E-state index in [0.29, 0.717) is 10.8 Å². The number of fused-ring (bicyclic) bond motifs is 1. The Balaban J connectivity index is 1.95. The van der Waals surface area contributed by atoms with Crippen LogP contribution in [0.3, 0.4) is 0 Å². The second kappa shape index (κ2) is 7.43. The molecule has 27 heavy (non-hydrogen) atoms. The molecule has 0 aliphatic heterocycles. The highest BCUT2D eigenvalue weighted by molar-refractivity contribution is 6.32. The van der Waals surface area contributed by atoms with Gasteiger partial charge in [0.15, 0.2) is 0 Å². The molecule has 0 fully saturated rings. The van der Waals surface area contributed by atoms with Gasteiger partial charge in [0.25, 0.3) is 0 Å². The fourth-order valence-electron chi connectivity index (χ4n) is 3.73. The predicted octanol–water partition coefficient (Wildman–Crippen LogP) is 6.08. The second-order valence-electron chi connectivity index (χ2n) is 8.10. The number of benzene rings is 2. The van der Waals surface area contributed by atoms with Gasteiger partial charge in [-0.15, -0.1) is 0 Å². The van der Waals surface area contributed by atoms with Gasteiger partial charge in [-0.1, -0.05) is 49.7 Å². The van der Waals surface area contributed by atoms with E-state index in [1.54, 1.807) is 0 Å². The van der Waals surface area contributed by atoms with Crippen LogP contribution in [0.1, 0.15) is 51.3 Å². The highest BCUT2D eigenvalue weighted by Gasteiger charge is 2.37. The van der Waals surface area contributed by atoms with Crippen molar-refractivity contribution in [1.29, 1.82) is 0 Å². The van der Waals surface area contributed by atoms with Crippen molar-refractivity contribution in [3.63, 3.8) is 0 Å². The number of ether oxygens (including phenoxy) is 1. The molecular weight excluding hydrogens is 362 g/mol. The third kappa shape index (κ3) is 4.22. The number of nitrogens with one attached hydrogen (secondary N) is 1. The van der Waals surface area contributed by atoms with Crippen molar-refractivity contribution in [3.05, 3.63) is 52.5 Å². The molecule has 2 aromatic carbocycles. The summed E-state index contributed by atoms with van der Waals surface area (Å²) < 4.78 is 5.70. The lowest BCUT2D eigenvalue weighted by Crippen LogP contribution is -2.40. The zero-order chi connectivity index (χ0) is 19.8. The van der Waals surface area contributed by atoms with Crippen molar-refractivity contribution in [2.45, 2.75) is 52.7 Å². The van der Waals surface area contributed by atoms with Gasteiger partial charge >= 0.3 is 6.09 Å². The summed E-state index contributed by atoms with van der Waals surface area (Å²) in [6, 6.07) is 11.8. The molecule has 0 aromatic heterocycles. The third-order valence-corrected chi connectivity index (χ3v) is 5.47. The third-order valence-electron chi connectivity index (χ3n) is 5.17.